The van der Waals surface area contributed by atoms with E-state index in [9.17, 15) is 4.79 Å². The molecule has 0 bridgehead atoms. The second kappa shape index (κ2) is 6.83. The van der Waals surface area contributed by atoms with Crippen LogP contribution in [0.15, 0.2) is 15.9 Å². The second-order valence-corrected chi connectivity index (χ2v) is 6.64. The van der Waals surface area contributed by atoms with Crippen LogP contribution in [0.3, 0.4) is 0 Å². The fourth-order valence-electron chi connectivity index (χ4n) is 2.69. The second-order valence-electron chi connectivity index (χ2n) is 4.78. The van der Waals surface area contributed by atoms with Crippen LogP contribution >= 0.6 is 27.3 Å². The number of nitrogens with one attached hydrogen (secondary N) is 1. The zero-order valence-electron chi connectivity index (χ0n) is 11.1. The van der Waals surface area contributed by atoms with Gasteiger partial charge in [-0.3, -0.25) is 9.69 Å². The number of carbonyl (C=O) groups is 1. The number of hydrogen-bond acceptors (Lipinski definition) is 4. The Balaban J connectivity index is 2.21. The fraction of sp³-hybridized carbons (Fsp3) is 0.615. The van der Waals surface area contributed by atoms with Crippen molar-refractivity contribution in [3.8, 4) is 0 Å². The molecule has 1 aromatic heterocycles. The Morgan fingerprint density at radius 1 is 1.68 bits per heavy atom. The average Bonchev–Trinajstić information content (AvgIpc) is 2.86. The van der Waals surface area contributed by atoms with E-state index in [0.717, 1.165) is 30.3 Å². The molecule has 1 aliphatic rings. The van der Waals surface area contributed by atoms with Gasteiger partial charge < -0.3 is 11.1 Å². The zero-order valence-corrected chi connectivity index (χ0v) is 13.5. The summed E-state index contributed by atoms with van der Waals surface area (Å²) >= 11 is 5.18. The predicted molar refractivity (Wildman–Crippen MR) is 82.2 cm³/mol. The molecule has 3 N–H and O–H groups in total. The molecule has 2 unspecified atom stereocenters. The summed E-state index contributed by atoms with van der Waals surface area (Å²) in [6, 6.07) is 2.20. The summed E-state index contributed by atoms with van der Waals surface area (Å²) in [5.74, 6) is 0.105. The summed E-state index contributed by atoms with van der Waals surface area (Å²) in [7, 11) is 1.70. The molecule has 1 saturated heterocycles. The molecule has 0 radical (unpaired) electrons. The normalized spacial score (nSPS) is 22.2. The van der Waals surface area contributed by atoms with E-state index in [2.05, 4.69) is 37.6 Å². The molecule has 19 heavy (non-hydrogen) atoms. The number of hydrogen-bond donors (Lipinski definition) is 2. The molecule has 0 spiro atoms. The number of carbonyl (C=O) groups excluding carboxylic acids is 1. The monoisotopic (exact) mass is 345 g/mol. The van der Waals surface area contributed by atoms with Crippen LogP contribution in [0.4, 0.5) is 0 Å². The Morgan fingerprint density at radius 3 is 3.05 bits per heavy atom. The minimum absolute atomic E-state index is 0.0480. The van der Waals surface area contributed by atoms with Gasteiger partial charge in [-0.05, 0) is 41.4 Å². The minimum atomic E-state index is -0.0480. The van der Waals surface area contributed by atoms with Gasteiger partial charge in [-0.2, -0.15) is 0 Å². The average molecular weight is 346 g/mol. The molecular formula is C13H20BrN3OS. The highest BCUT2D eigenvalue weighted by Gasteiger charge is 2.33. The Bertz CT molecular complexity index is 437. The van der Waals surface area contributed by atoms with Crippen LogP contribution in [0.5, 0.6) is 0 Å². The topological polar surface area (TPSA) is 58.4 Å². The van der Waals surface area contributed by atoms with Gasteiger partial charge in [0.25, 0.3) is 0 Å². The van der Waals surface area contributed by atoms with Gasteiger partial charge in [0.15, 0.2) is 0 Å². The maximum atomic E-state index is 12.0. The van der Waals surface area contributed by atoms with Crippen molar-refractivity contribution < 1.29 is 4.79 Å². The van der Waals surface area contributed by atoms with E-state index in [0.29, 0.717) is 6.54 Å². The number of piperidine rings is 1. The molecule has 1 aliphatic heterocycles. The van der Waals surface area contributed by atoms with Crippen molar-refractivity contribution in [3.05, 3.63) is 20.8 Å². The van der Waals surface area contributed by atoms with E-state index < -0.39 is 0 Å². The Labute approximate surface area is 126 Å². The quantitative estimate of drug-likeness (QED) is 0.878. The minimum Gasteiger partial charge on any atom is -0.358 e. The van der Waals surface area contributed by atoms with Crippen LogP contribution in [0.1, 0.15) is 30.2 Å². The lowest BCUT2D eigenvalue weighted by Gasteiger charge is -2.39. The summed E-state index contributed by atoms with van der Waals surface area (Å²) in [6.07, 6.45) is 3.17. The highest BCUT2D eigenvalue weighted by Crippen LogP contribution is 2.33. The van der Waals surface area contributed by atoms with Crippen LogP contribution in [0, 0.1) is 0 Å². The highest BCUT2D eigenvalue weighted by atomic mass is 79.9. The Morgan fingerprint density at radius 2 is 2.47 bits per heavy atom. The van der Waals surface area contributed by atoms with Gasteiger partial charge in [-0.15, -0.1) is 11.3 Å². The molecular weight excluding hydrogens is 326 g/mol. The number of amides is 1. The standard InChI is InChI=1S/C13H20BrN3OS/c1-16-13(18)10-4-2-3-5-17(10)11(7-15)12-6-9(14)8-19-12/h6,8,10-11H,2-5,7,15H2,1H3,(H,16,18). The van der Waals surface area contributed by atoms with E-state index in [1.54, 1.807) is 18.4 Å². The number of likely N-dealkylation sites (N-methyl/N-ethyl adjacent to an activating group) is 1. The first-order chi connectivity index (χ1) is 9.17. The predicted octanol–water partition coefficient (Wildman–Crippen LogP) is 2.11. The molecule has 4 nitrogen and oxygen atoms in total. The molecule has 2 atom stereocenters. The number of thiophene rings is 1. The maximum absolute atomic E-state index is 12.0. The molecule has 1 aromatic rings. The third-order valence-electron chi connectivity index (χ3n) is 3.63. The van der Waals surface area contributed by atoms with Crippen molar-refractivity contribution in [1.29, 1.82) is 0 Å². The Kier molecular flexibility index (Phi) is 5.38. The first kappa shape index (κ1) is 15.0. The summed E-state index contributed by atoms with van der Waals surface area (Å²) in [5, 5.41) is 4.84. The van der Waals surface area contributed by atoms with Crippen LogP contribution in [-0.2, 0) is 4.79 Å². The Hall–Kier alpha value is -0.430. The van der Waals surface area contributed by atoms with Crippen LogP contribution in [0.25, 0.3) is 0 Å². The molecule has 1 amide bonds. The van der Waals surface area contributed by atoms with Crippen molar-refractivity contribution in [3.63, 3.8) is 0 Å². The summed E-state index contributed by atoms with van der Waals surface area (Å²) in [5.41, 5.74) is 5.97. The summed E-state index contributed by atoms with van der Waals surface area (Å²) in [6.45, 7) is 1.48. The smallest absolute Gasteiger partial charge is 0.237 e. The van der Waals surface area contributed by atoms with Crippen LogP contribution in [-0.4, -0.2) is 37.0 Å². The van der Waals surface area contributed by atoms with E-state index >= 15 is 0 Å². The number of nitrogens with zero attached hydrogens (tertiary/aromatic N) is 1. The van der Waals surface area contributed by atoms with Crippen LogP contribution < -0.4 is 11.1 Å². The first-order valence-corrected chi connectivity index (χ1v) is 8.26. The van der Waals surface area contributed by atoms with Gasteiger partial charge in [-0.1, -0.05) is 6.42 Å². The highest BCUT2D eigenvalue weighted by molar-refractivity contribution is 9.10. The molecule has 0 aromatic carbocycles. The maximum Gasteiger partial charge on any atom is 0.237 e. The molecule has 1 fully saturated rings. The molecule has 2 rings (SSSR count). The molecule has 0 aliphatic carbocycles. The lowest BCUT2D eigenvalue weighted by atomic mass is 9.98. The molecule has 2 heterocycles. The third kappa shape index (κ3) is 3.37. The van der Waals surface area contributed by atoms with Crippen molar-refractivity contribution in [2.24, 2.45) is 5.73 Å². The van der Waals surface area contributed by atoms with Crippen molar-refractivity contribution in [2.45, 2.75) is 31.3 Å². The lowest BCUT2D eigenvalue weighted by molar-refractivity contribution is -0.128. The number of nitrogens with two attached hydrogens (primary N) is 1. The van der Waals surface area contributed by atoms with Crippen LogP contribution in [0.2, 0.25) is 0 Å². The van der Waals surface area contributed by atoms with Crippen molar-refractivity contribution in [2.75, 3.05) is 20.1 Å². The summed E-state index contributed by atoms with van der Waals surface area (Å²) in [4.78, 5) is 15.5. The SMILES string of the molecule is CNC(=O)C1CCCCN1C(CN)c1cc(Br)cs1. The van der Waals surface area contributed by atoms with Crippen molar-refractivity contribution >= 4 is 33.2 Å². The van der Waals surface area contributed by atoms with E-state index in [1.165, 1.54) is 4.88 Å². The molecule has 6 heteroatoms. The lowest BCUT2D eigenvalue weighted by Crippen LogP contribution is -2.51. The van der Waals surface area contributed by atoms with Gasteiger partial charge in [-0.25, -0.2) is 0 Å². The van der Waals surface area contributed by atoms with E-state index in [-0.39, 0.29) is 18.0 Å². The van der Waals surface area contributed by atoms with Gasteiger partial charge in [0.2, 0.25) is 5.91 Å². The van der Waals surface area contributed by atoms with Gasteiger partial charge in [0, 0.05) is 28.3 Å². The number of rotatable bonds is 4. The first-order valence-electron chi connectivity index (χ1n) is 6.58. The zero-order chi connectivity index (χ0) is 13.8. The summed E-state index contributed by atoms with van der Waals surface area (Å²) < 4.78 is 1.08. The van der Waals surface area contributed by atoms with Crippen molar-refractivity contribution in [1.82, 2.24) is 10.2 Å². The van der Waals surface area contributed by atoms with E-state index in [4.69, 9.17) is 5.73 Å². The third-order valence-corrected chi connectivity index (χ3v) is 5.43. The molecule has 106 valence electrons. The number of halogens is 1. The van der Waals surface area contributed by atoms with Gasteiger partial charge >= 0.3 is 0 Å². The largest absolute Gasteiger partial charge is 0.358 e. The van der Waals surface area contributed by atoms with Gasteiger partial charge in [0.1, 0.15) is 0 Å². The van der Waals surface area contributed by atoms with E-state index in [1.807, 2.05) is 0 Å². The molecule has 0 saturated carbocycles. The van der Waals surface area contributed by atoms with Gasteiger partial charge in [0.05, 0.1) is 12.1 Å². The fourth-order valence-corrected chi connectivity index (χ4v) is 4.27. The number of likely N-dealkylation sites (tertiary alicyclic amines) is 1.